The average molecular weight is 222 g/mol. The van der Waals surface area contributed by atoms with Gasteiger partial charge in [-0.05, 0) is 25.0 Å². The molecule has 0 N–H and O–H groups in total. The number of anilines is 1. The van der Waals surface area contributed by atoms with Crippen LogP contribution in [0.1, 0.15) is 25.0 Å². The van der Waals surface area contributed by atoms with E-state index in [1.165, 1.54) is 22.4 Å². The second-order valence-electron chi connectivity index (χ2n) is 3.87. The molecular weight excluding hydrogens is 206 g/mol. The molecule has 1 aromatic carbocycles. The van der Waals surface area contributed by atoms with E-state index in [4.69, 9.17) is 11.6 Å². The summed E-state index contributed by atoms with van der Waals surface area (Å²) in [5.74, 6) is 0.590. The summed E-state index contributed by atoms with van der Waals surface area (Å²) in [7, 11) is 0. The highest BCUT2D eigenvalue weighted by atomic mass is 35.5. The molecule has 1 nitrogen and oxygen atoms in total. The molecule has 2 rings (SSSR count). The minimum absolute atomic E-state index is 0.590. The molecule has 2 heteroatoms. The van der Waals surface area contributed by atoms with Crippen LogP contribution < -0.4 is 4.90 Å². The lowest BCUT2D eigenvalue weighted by Crippen LogP contribution is -2.27. The van der Waals surface area contributed by atoms with Crippen molar-refractivity contribution in [3.05, 3.63) is 35.4 Å². The number of allylic oxidation sites excluding steroid dienone is 1. The minimum atomic E-state index is 0.590. The summed E-state index contributed by atoms with van der Waals surface area (Å²) in [6.07, 6.45) is 2.28. The number of rotatable bonds is 2. The Kier molecular flexibility index (Phi) is 3.01. The molecule has 0 radical (unpaired) electrons. The lowest BCUT2D eigenvalue weighted by Gasteiger charge is -2.31. The minimum Gasteiger partial charge on any atom is -0.367 e. The molecule has 0 fully saturated rings. The molecule has 1 aromatic rings. The summed E-state index contributed by atoms with van der Waals surface area (Å²) in [6, 6.07) is 6.39. The zero-order valence-corrected chi connectivity index (χ0v) is 10.0. The fourth-order valence-corrected chi connectivity index (χ4v) is 2.34. The molecule has 0 aliphatic carbocycles. The standard InChI is InChI=1S/C13H16ClN/c1-3-15-8-7-10(2)12-6-4-5-11(9-14)13(12)15/h4-7H,3,8-9H2,1-2H3. The first kappa shape index (κ1) is 10.6. The molecule has 1 heterocycles. The highest BCUT2D eigenvalue weighted by molar-refractivity contribution is 6.17. The van der Waals surface area contributed by atoms with Gasteiger partial charge in [-0.15, -0.1) is 11.6 Å². The fraction of sp³-hybridized carbons (Fsp3) is 0.385. The van der Waals surface area contributed by atoms with Gasteiger partial charge in [0.25, 0.3) is 0 Å². The molecule has 0 aromatic heterocycles. The molecule has 1 aliphatic heterocycles. The quantitative estimate of drug-likeness (QED) is 0.689. The maximum atomic E-state index is 5.99. The second-order valence-corrected chi connectivity index (χ2v) is 4.14. The van der Waals surface area contributed by atoms with E-state index in [1.54, 1.807) is 0 Å². The molecular formula is C13H16ClN. The Morgan fingerprint density at radius 2 is 2.20 bits per heavy atom. The molecule has 1 aliphatic rings. The van der Waals surface area contributed by atoms with Crippen LogP contribution in [0.25, 0.3) is 5.57 Å². The van der Waals surface area contributed by atoms with E-state index in [9.17, 15) is 0 Å². The van der Waals surface area contributed by atoms with Crippen molar-refractivity contribution in [1.82, 2.24) is 0 Å². The predicted molar refractivity (Wildman–Crippen MR) is 67.5 cm³/mol. The molecule has 0 spiro atoms. The predicted octanol–water partition coefficient (Wildman–Crippen LogP) is 3.67. The Morgan fingerprint density at radius 3 is 2.87 bits per heavy atom. The van der Waals surface area contributed by atoms with Crippen molar-refractivity contribution in [1.29, 1.82) is 0 Å². The molecule has 0 unspecified atom stereocenters. The van der Waals surface area contributed by atoms with Crippen LogP contribution in [0.15, 0.2) is 24.3 Å². The topological polar surface area (TPSA) is 3.24 Å². The normalized spacial score (nSPS) is 14.9. The van der Waals surface area contributed by atoms with Crippen molar-refractivity contribution < 1.29 is 0 Å². The van der Waals surface area contributed by atoms with Gasteiger partial charge in [0.15, 0.2) is 0 Å². The largest absolute Gasteiger partial charge is 0.367 e. The summed E-state index contributed by atoms with van der Waals surface area (Å²) in [5, 5.41) is 0. The molecule has 15 heavy (non-hydrogen) atoms. The summed E-state index contributed by atoms with van der Waals surface area (Å²) in [4.78, 5) is 2.38. The van der Waals surface area contributed by atoms with E-state index in [-0.39, 0.29) is 0 Å². The van der Waals surface area contributed by atoms with E-state index in [0.717, 1.165) is 13.1 Å². The van der Waals surface area contributed by atoms with Crippen molar-refractivity contribution in [3.8, 4) is 0 Å². The van der Waals surface area contributed by atoms with Crippen molar-refractivity contribution >= 4 is 22.9 Å². The Bertz CT molecular complexity index is 396. The zero-order chi connectivity index (χ0) is 10.8. The van der Waals surface area contributed by atoms with Gasteiger partial charge in [0, 0.05) is 30.2 Å². The number of halogens is 1. The van der Waals surface area contributed by atoms with Gasteiger partial charge < -0.3 is 4.90 Å². The van der Waals surface area contributed by atoms with Gasteiger partial charge in [-0.25, -0.2) is 0 Å². The highest BCUT2D eigenvalue weighted by Gasteiger charge is 2.17. The van der Waals surface area contributed by atoms with E-state index < -0.39 is 0 Å². The Morgan fingerprint density at radius 1 is 1.40 bits per heavy atom. The third-order valence-corrected chi connectivity index (χ3v) is 3.29. The van der Waals surface area contributed by atoms with Crippen LogP contribution >= 0.6 is 11.6 Å². The Labute approximate surface area is 96.4 Å². The van der Waals surface area contributed by atoms with Crippen LogP contribution in [-0.4, -0.2) is 13.1 Å². The van der Waals surface area contributed by atoms with Crippen LogP contribution in [0.5, 0.6) is 0 Å². The smallest absolute Gasteiger partial charge is 0.0494 e. The van der Waals surface area contributed by atoms with E-state index in [2.05, 4.69) is 43.0 Å². The lowest BCUT2D eigenvalue weighted by molar-refractivity contribution is 0.888. The van der Waals surface area contributed by atoms with Gasteiger partial charge in [0.2, 0.25) is 0 Å². The van der Waals surface area contributed by atoms with Crippen molar-refractivity contribution in [2.24, 2.45) is 0 Å². The third-order valence-electron chi connectivity index (χ3n) is 3.00. The number of hydrogen-bond donors (Lipinski definition) is 0. The van der Waals surface area contributed by atoms with Gasteiger partial charge in [0.05, 0.1) is 0 Å². The number of likely N-dealkylation sites (N-methyl/N-ethyl adjacent to an activating group) is 1. The molecule has 0 saturated carbocycles. The van der Waals surface area contributed by atoms with Crippen LogP contribution in [0.4, 0.5) is 5.69 Å². The first-order chi connectivity index (χ1) is 7.27. The zero-order valence-electron chi connectivity index (χ0n) is 9.26. The average Bonchev–Trinajstić information content (AvgIpc) is 2.29. The summed E-state index contributed by atoms with van der Waals surface area (Å²) in [5.41, 5.74) is 5.27. The maximum absolute atomic E-state index is 5.99. The highest BCUT2D eigenvalue weighted by Crippen LogP contribution is 2.34. The number of para-hydroxylation sites is 1. The molecule has 0 saturated heterocycles. The molecule has 0 atom stereocenters. The Balaban J connectivity index is 2.58. The van der Waals surface area contributed by atoms with E-state index in [1.807, 2.05) is 0 Å². The van der Waals surface area contributed by atoms with Crippen LogP contribution in [0.2, 0.25) is 0 Å². The second kappa shape index (κ2) is 4.28. The SMILES string of the molecule is CCN1CC=C(C)c2cccc(CCl)c21. The summed E-state index contributed by atoms with van der Waals surface area (Å²) >= 11 is 5.99. The number of alkyl halides is 1. The number of fused-ring (bicyclic) bond motifs is 1. The van der Waals surface area contributed by atoms with Gasteiger partial charge in [-0.2, -0.15) is 0 Å². The summed E-state index contributed by atoms with van der Waals surface area (Å²) < 4.78 is 0. The number of hydrogen-bond acceptors (Lipinski definition) is 1. The Hall–Kier alpha value is -0.950. The molecule has 0 bridgehead atoms. The van der Waals surface area contributed by atoms with E-state index in [0.29, 0.717) is 5.88 Å². The van der Waals surface area contributed by atoms with Crippen LogP contribution in [-0.2, 0) is 5.88 Å². The van der Waals surface area contributed by atoms with Gasteiger partial charge in [-0.3, -0.25) is 0 Å². The van der Waals surface area contributed by atoms with Crippen LogP contribution in [0, 0.1) is 0 Å². The third kappa shape index (κ3) is 1.76. The molecule has 80 valence electrons. The summed E-state index contributed by atoms with van der Waals surface area (Å²) in [6.45, 7) is 6.39. The number of nitrogens with zero attached hydrogens (tertiary/aromatic N) is 1. The van der Waals surface area contributed by atoms with E-state index >= 15 is 0 Å². The van der Waals surface area contributed by atoms with Crippen molar-refractivity contribution in [3.63, 3.8) is 0 Å². The van der Waals surface area contributed by atoms with Crippen molar-refractivity contribution in [2.45, 2.75) is 19.7 Å². The fourth-order valence-electron chi connectivity index (χ4n) is 2.13. The number of benzene rings is 1. The van der Waals surface area contributed by atoms with Crippen molar-refractivity contribution in [2.75, 3.05) is 18.0 Å². The first-order valence-corrected chi connectivity index (χ1v) is 5.91. The van der Waals surface area contributed by atoms with Gasteiger partial charge in [-0.1, -0.05) is 24.3 Å². The lowest BCUT2D eigenvalue weighted by atomic mass is 9.97. The van der Waals surface area contributed by atoms with Gasteiger partial charge in [0.1, 0.15) is 0 Å². The van der Waals surface area contributed by atoms with Crippen LogP contribution in [0.3, 0.4) is 0 Å². The van der Waals surface area contributed by atoms with Gasteiger partial charge >= 0.3 is 0 Å². The first-order valence-electron chi connectivity index (χ1n) is 5.37. The maximum Gasteiger partial charge on any atom is 0.0494 e. The monoisotopic (exact) mass is 221 g/mol. The molecule has 0 amide bonds.